The smallest absolute Gasteiger partial charge is 0.225 e. The predicted molar refractivity (Wildman–Crippen MR) is 91.2 cm³/mol. The van der Waals surface area contributed by atoms with Crippen LogP contribution >= 0.6 is 0 Å². The molecular weight excluding hydrogens is 276 g/mol. The summed E-state index contributed by atoms with van der Waals surface area (Å²) in [6, 6.07) is 8.00. The summed E-state index contributed by atoms with van der Waals surface area (Å²) in [6.45, 7) is 8.66. The molecule has 0 aliphatic carbocycles. The number of benzene rings is 1. The number of guanidine groups is 1. The van der Waals surface area contributed by atoms with Crippen molar-refractivity contribution >= 4 is 17.6 Å². The summed E-state index contributed by atoms with van der Waals surface area (Å²) in [6.07, 6.45) is 0.508. The average molecular weight is 302 g/mol. The van der Waals surface area contributed by atoms with E-state index in [4.69, 9.17) is 0 Å². The van der Waals surface area contributed by atoms with Gasteiger partial charge in [-0.05, 0) is 24.5 Å². The van der Waals surface area contributed by atoms with E-state index in [1.54, 1.807) is 0 Å². The van der Waals surface area contributed by atoms with Crippen LogP contribution in [0.5, 0.6) is 0 Å². The van der Waals surface area contributed by atoms with Crippen molar-refractivity contribution in [2.75, 3.05) is 25.0 Å². The van der Waals surface area contributed by atoms with Crippen LogP contribution in [-0.2, 0) is 4.79 Å². The number of anilines is 1. The average Bonchev–Trinajstić information content (AvgIpc) is 2.49. The quantitative estimate of drug-likeness (QED) is 0.578. The second-order valence-corrected chi connectivity index (χ2v) is 6.03. The molecule has 0 aromatic heterocycles. The largest absolute Gasteiger partial charge is 0.357 e. The van der Waals surface area contributed by atoms with Crippen molar-refractivity contribution in [3.05, 3.63) is 29.8 Å². The lowest BCUT2D eigenvalue weighted by molar-refractivity contribution is -0.116. The molecule has 1 atom stereocenters. The second-order valence-electron chi connectivity index (χ2n) is 6.03. The number of carbonyl (C=O) groups excluding carboxylic acids is 1. The summed E-state index contributed by atoms with van der Waals surface area (Å²) >= 11 is 0. The van der Waals surface area contributed by atoms with E-state index in [9.17, 15) is 4.79 Å². The van der Waals surface area contributed by atoms with E-state index in [0.717, 1.165) is 24.7 Å². The molecule has 0 saturated carbocycles. The zero-order valence-corrected chi connectivity index (χ0v) is 13.6. The zero-order valence-electron chi connectivity index (χ0n) is 13.6. The minimum atomic E-state index is 0.0784. The third-order valence-electron chi connectivity index (χ3n) is 3.58. The van der Waals surface area contributed by atoms with E-state index in [1.807, 2.05) is 18.2 Å². The molecule has 1 heterocycles. The van der Waals surface area contributed by atoms with Gasteiger partial charge in [0.2, 0.25) is 5.91 Å². The molecule has 2 rings (SSSR count). The second kappa shape index (κ2) is 7.82. The summed E-state index contributed by atoms with van der Waals surface area (Å²) < 4.78 is 0. The first-order valence-corrected chi connectivity index (χ1v) is 8.01. The Bertz CT molecular complexity index is 539. The first-order valence-electron chi connectivity index (χ1n) is 8.01. The maximum atomic E-state index is 11.8. The van der Waals surface area contributed by atoms with Crippen LogP contribution in [0.25, 0.3) is 0 Å². The highest BCUT2D eigenvalue weighted by molar-refractivity contribution is 5.94. The van der Waals surface area contributed by atoms with Gasteiger partial charge in [-0.3, -0.25) is 9.79 Å². The van der Waals surface area contributed by atoms with Crippen molar-refractivity contribution in [1.82, 2.24) is 10.6 Å². The van der Waals surface area contributed by atoms with Gasteiger partial charge in [-0.1, -0.05) is 32.0 Å². The molecule has 1 aliphatic rings. The molecule has 5 heteroatoms. The first-order chi connectivity index (χ1) is 10.6. The molecule has 0 saturated heterocycles. The number of para-hydroxylation sites is 1. The van der Waals surface area contributed by atoms with Crippen molar-refractivity contribution in [2.45, 2.75) is 33.1 Å². The number of rotatable bonds is 5. The fraction of sp³-hybridized carbons (Fsp3) is 0.529. The number of hydrogen-bond donors (Lipinski definition) is 3. The van der Waals surface area contributed by atoms with Gasteiger partial charge in [0.05, 0.1) is 0 Å². The summed E-state index contributed by atoms with van der Waals surface area (Å²) in [5.41, 5.74) is 2.11. The zero-order chi connectivity index (χ0) is 15.9. The number of aliphatic imine (C=N–C) groups is 1. The van der Waals surface area contributed by atoms with Gasteiger partial charge in [0, 0.05) is 37.7 Å². The van der Waals surface area contributed by atoms with Gasteiger partial charge in [-0.15, -0.1) is 0 Å². The third-order valence-corrected chi connectivity index (χ3v) is 3.58. The molecule has 1 aromatic carbocycles. The van der Waals surface area contributed by atoms with Crippen LogP contribution in [0.4, 0.5) is 5.69 Å². The van der Waals surface area contributed by atoms with E-state index in [1.165, 1.54) is 5.56 Å². The monoisotopic (exact) mass is 302 g/mol. The Morgan fingerprint density at radius 3 is 2.86 bits per heavy atom. The van der Waals surface area contributed by atoms with Crippen molar-refractivity contribution in [3.63, 3.8) is 0 Å². The predicted octanol–water partition coefficient (Wildman–Crippen LogP) is 2.32. The Kier molecular flexibility index (Phi) is 5.81. The lowest BCUT2D eigenvalue weighted by atomic mass is 9.90. The Balaban J connectivity index is 2.03. The normalized spacial score (nSPS) is 17.9. The Morgan fingerprint density at radius 2 is 2.14 bits per heavy atom. The molecule has 0 spiro atoms. The van der Waals surface area contributed by atoms with Gasteiger partial charge in [0.25, 0.3) is 0 Å². The fourth-order valence-electron chi connectivity index (χ4n) is 2.52. The lowest BCUT2D eigenvalue weighted by Gasteiger charge is -2.26. The van der Waals surface area contributed by atoms with Crippen molar-refractivity contribution in [2.24, 2.45) is 10.9 Å². The van der Waals surface area contributed by atoms with Crippen LogP contribution in [0.15, 0.2) is 29.3 Å². The van der Waals surface area contributed by atoms with E-state index in [0.29, 0.717) is 18.9 Å². The van der Waals surface area contributed by atoms with Crippen molar-refractivity contribution < 1.29 is 4.79 Å². The van der Waals surface area contributed by atoms with Crippen LogP contribution in [0, 0.1) is 5.92 Å². The number of nitrogens with one attached hydrogen (secondary N) is 3. The molecule has 0 radical (unpaired) electrons. The molecule has 1 amide bonds. The molecule has 0 fully saturated rings. The van der Waals surface area contributed by atoms with Gasteiger partial charge >= 0.3 is 0 Å². The SMILES string of the molecule is CCNC(=NCC(C)C)NCC1CC(=O)Nc2ccccc21. The molecule has 0 bridgehead atoms. The maximum absolute atomic E-state index is 11.8. The van der Waals surface area contributed by atoms with Crippen LogP contribution in [0.2, 0.25) is 0 Å². The summed E-state index contributed by atoms with van der Waals surface area (Å²) in [4.78, 5) is 16.4. The Hall–Kier alpha value is -2.04. The number of nitrogens with zero attached hydrogens (tertiary/aromatic N) is 1. The molecule has 1 unspecified atom stereocenters. The van der Waals surface area contributed by atoms with Gasteiger partial charge in [0.15, 0.2) is 5.96 Å². The van der Waals surface area contributed by atoms with Crippen LogP contribution in [0.3, 0.4) is 0 Å². The Morgan fingerprint density at radius 1 is 1.36 bits per heavy atom. The maximum Gasteiger partial charge on any atom is 0.225 e. The van der Waals surface area contributed by atoms with Crippen molar-refractivity contribution in [1.29, 1.82) is 0 Å². The standard InChI is InChI=1S/C17H26N4O/c1-4-18-17(19-10-12(2)3)20-11-13-9-16(22)21-15-8-6-5-7-14(13)15/h5-8,12-13H,4,9-11H2,1-3H3,(H,21,22)(H2,18,19,20). The summed E-state index contributed by atoms with van der Waals surface area (Å²) in [5.74, 6) is 1.60. The van der Waals surface area contributed by atoms with E-state index in [-0.39, 0.29) is 11.8 Å². The fourth-order valence-corrected chi connectivity index (χ4v) is 2.52. The third kappa shape index (κ3) is 4.48. The minimum absolute atomic E-state index is 0.0784. The number of hydrogen-bond acceptors (Lipinski definition) is 2. The molecule has 5 nitrogen and oxygen atoms in total. The Labute approximate surface area is 132 Å². The van der Waals surface area contributed by atoms with E-state index < -0.39 is 0 Å². The lowest BCUT2D eigenvalue weighted by Crippen LogP contribution is -2.41. The topological polar surface area (TPSA) is 65.5 Å². The highest BCUT2D eigenvalue weighted by Gasteiger charge is 2.24. The van der Waals surface area contributed by atoms with Gasteiger partial charge in [-0.25, -0.2) is 0 Å². The first kappa shape index (κ1) is 16.3. The molecule has 120 valence electrons. The molecule has 1 aromatic rings. The van der Waals surface area contributed by atoms with Crippen LogP contribution in [-0.4, -0.2) is 31.5 Å². The summed E-state index contributed by atoms with van der Waals surface area (Å²) in [5, 5.41) is 9.55. The van der Waals surface area contributed by atoms with E-state index in [2.05, 4.69) is 47.8 Å². The number of amides is 1. The number of carbonyl (C=O) groups is 1. The summed E-state index contributed by atoms with van der Waals surface area (Å²) in [7, 11) is 0. The minimum Gasteiger partial charge on any atom is -0.357 e. The van der Waals surface area contributed by atoms with E-state index >= 15 is 0 Å². The molecule has 3 N–H and O–H groups in total. The molecular formula is C17H26N4O. The van der Waals surface area contributed by atoms with Crippen LogP contribution in [0.1, 0.15) is 38.7 Å². The van der Waals surface area contributed by atoms with Gasteiger partial charge < -0.3 is 16.0 Å². The highest BCUT2D eigenvalue weighted by atomic mass is 16.1. The highest BCUT2D eigenvalue weighted by Crippen LogP contribution is 2.31. The van der Waals surface area contributed by atoms with Crippen molar-refractivity contribution in [3.8, 4) is 0 Å². The molecule has 1 aliphatic heterocycles. The van der Waals surface area contributed by atoms with Crippen LogP contribution < -0.4 is 16.0 Å². The molecule has 22 heavy (non-hydrogen) atoms. The van der Waals surface area contributed by atoms with Gasteiger partial charge in [-0.2, -0.15) is 0 Å². The van der Waals surface area contributed by atoms with Gasteiger partial charge in [0.1, 0.15) is 0 Å². The number of fused-ring (bicyclic) bond motifs is 1.